The summed E-state index contributed by atoms with van der Waals surface area (Å²) in [5, 5.41) is 0. The Bertz CT molecular complexity index is 433. The quantitative estimate of drug-likeness (QED) is 0.687. The van der Waals surface area contributed by atoms with E-state index in [1.165, 1.54) is 0 Å². The molecule has 2 aliphatic rings. The Morgan fingerprint density at radius 3 is 3.20 bits per heavy atom. The molecule has 1 amide bonds. The molecule has 1 fully saturated rings. The summed E-state index contributed by atoms with van der Waals surface area (Å²) in [5.74, 6) is 0.862. The molecule has 3 nitrogen and oxygen atoms in total. The zero-order valence-corrected chi connectivity index (χ0v) is 10.2. The van der Waals surface area contributed by atoms with Gasteiger partial charge in [0.1, 0.15) is 5.75 Å². The fourth-order valence-electron chi connectivity index (χ4n) is 2.16. The molecule has 1 atom stereocenters. The average molecular weight is 315 g/mol. The highest BCUT2D eigenvalue weighted by Crippen LogP contribution is 2.33. The van der Waals surface area contributed by atoms with E-state index in [2.05, 4.69) is 22.6 Å². The molecule has 0 radical (unpaired) electrons. The molecule has 0 spiro atoms. The predicted octanol–water partition coefficient (Wildman–Crippen LogP) is 2.25. The van der Waals surface area contributed by atoms with Crippen LogP contribution in [-0.4, -0.2) is 23.6 Å². The maximum Gasteiger partial charge on any atom is 0.260 e. The number of nitrogens with zero attached hydrogens (tertiary/aromatic N) is 1. The Hall–Kier alpha value is -0.780. The number of hydrogen-bond donors (Lipinski definition) is 0. The van der Waals surface area contributed by atoms with Gasteiger partial charge in [0.15, 0.2) is 6.23 Å². The molecule has 0 aliphatic carbocycles. The van der Waals surface area contributed by atoms with Crippen LogP contribution in [0.15, 0.2) is 18.2 Å². The Morgan fingerprint density at radius 2 is 2.33 bits per heavy atom. The van der Waals surface area contributed by atoms with Crippen LogP contribution in [0.1, 0.15) is 23.2 Å². The zero-order chi connectivity index (χ0) is 10.4. The van der Waals surface area contributed by atoms with Gasteiger partial charge in [-0.15, -0.1) is 0 Å². The van der Waals surface area contributed by atoms with Gasteiger partial charge in [0.05, 0.1) is 5.56 Å². The zero-order valence-electron chi connectivity index (χ0n) is 8.07. The van der Waals surface area contributed by atoms with Crippen LogP contribution < -0.4 is 4.74 Å². The lowest BCUT2D eigenvalue weighted by Gasteiger charge is -2.31. The number of rotatable bonds is 0. The Balaban J connectivity index is 2.09. The third kappa shape index (κ3) is 1.42. The molecule has 2 aliphatic heterocycles. The summed E-state index contributed by atoms with van der Waals surface area (Å²) in [6.07, 6.45) is 1.98. The second kappa shape index (κ2) is 3.37. The van der Waals surface area contributed by atoms with Crippen LogP contribution in [-0.2, 0) is 0 Å². The van der Waals surface area contributed by atoms with Crippen molar-refractivity contribution in [2.75, 3.05) is 6.54 Å². The lowest BCUT2D eigenvalue weighted by molar-refractivity contribution is 0.0294. The van der Waals surface area contributed by atoms with Crippen molar-refractivity contribution in [3.8, 4) is 5.75 Å². The second-order valence-electron chi connectivity index (χ2n) is 3.85. The molecule has 2 heterocycles. The molecule has 0 N–H and O–H groups in total. The van der Waals surface area contributed by atoms with Crippen LogP contribution in [0.2, 0.25) is 0 Å². The molecule has 0 saturated carbocycles. The minimum Gasteiger partial charge on any atom is -0.470 e. The summed E-state index contributed by atoms with van der Waals surface area (Å²) in [6.45, 7) is 0.828. The Labute approximate surface area is 102 Å². The highest BCUT2D eigenvalue weighted by molar-refractivity contribution is 14.1. The molecule has 78 valence electrons. The van der Waals surface area contributed by atoms with E-state index in [1.54, 1.807) is 0 Å². The normalized spacial score (nSPS) is 23.4. The van der Waals surface area contributed by atoms with E-state index in [1.807, 2.05) is 23.1 Å². The summed E-state index contributed by atoms with van der Waals surface area (Å²) >= 11 is 2.21. The maximum atomic E-state index is 12.1. The van der Waals surface area contributed by atoms with E-state index in [-0.39, 0.29) is 12.1 Å². The van der Waals surface area contributed by atoms with Crippen LogP contribution in [0.5, 0.6) is 5.75 Å². The van der Waals surface area contributed by atoms with Gasteiger partial charge in [0.2, 0.25) is 0 Å². The molecule has 15 heavy (non-hydrogen) atoms. The van der Waals surface area contributed by atoms with E-state index >= 15 is 0 Å². The van der Waals surface area contributed by atoms with Gasteiger partial charge in [-0.05, 0) is 47.2 Å². The van der Waals surface area contributed by atoms with Crippen LogP contribution in [0.4, 0.5) is 0 Å². The van der Waals surface area contributed by atoms with Gasteiger partial charge >= 0.3 is 0 Å². The van der Waals surface area contributed by atoms with Crippen molar-refractivity contribution >= 4 is 28.5 Å². The average Bonchev–Trinajstić information content (AvgIpc) is 2.68. The van der Waals surface area contributed by atoms with E-state index in [0.717, 1.165) is 28.7 Å². The highest BCUT2D eigenvalue weighted by atomic mass is 127. The minimum atomic E-state index is -0.0231. The molecular weight excluding hydrogens is 305 g/mol. The summed E-state index contributed by atoms with van der Waals surface area (Å²) in [5.41, 5.74) is 0.708. The SMILES string of the molecule is O=C1c2cc(I)ccc2OC2CCCN12. The van der Waals surface area contributed by atoms with Gasteiger partial charge in [-0.25, -0.2) is 0 Å². The summed E-state index contributed by atoms with van der Waals surface area (Å²) in [7, 11) is 0. The fraction of sp³-hybridized carbons (Fsp3) is 0.364. The van der Waals surface area contributed by atoms with Crippen molar-refractivity contribution in [3.05, 3.63) is 27.3 Å². The lowest BCUT2D eigenvalue weighted by atomic mass is 10.1. The van der Waals surface area contributed by atoms with Crippen molar-refractivity contribution in [1.82, 2.24) is 4.90 Å². The lowest BCUT2D eigenvalue weighted by Crippen LogP contribution is -2.42. The largest absolute Gasteiger partial charge is 0.470 e. The first-order valence-corrected chi connectivity index (χ1v) is 6.11. The molecule has 0 aromatic heterocycles. The first-order chi connectivity index (χ1) is 7.25. The molecule has 4 heteroatoms. The third-order valence-corrected chi connectivity index (χ3v) is 3.56. The summed E-state index contributed by atoms with van der Waals surface area (Å²) in [6, 6.07) is 5.76. The van der Waals surface area contributed by atoms with Gasteiger partial charge in [-0.3, -0.25) is 4.79 Å². The number of amides is 1. The topological polar surface area (TPSA) is 29.5 Å². The molecule has 0 bridgehead atoms. The molecule has 1 unspecified atom stereocenters. The minimum absolute atomic E-state index is 0.0231. The number of halogens is 1. The first kappa shape index (κ1) is 9.45. The van der Waals surface area contributed by atoms with Crippen molar-refractivity contribution in [2.24, 2.45) is 0 Å². The predicted molar refractivity (Wildman–Crippen MR) is 63.8 cm³/mol. The molecule has 3 rings (SSSR count). The number of fused-ring (bicyclic) bond motifs is 2. The maximum absolute atomic E-state index is 12.1. The van der Waals surface area contributed by atoms with Crippen LogP contribution >= 0.6 is 22.6 Å². The van der Waals surface area contributed by atoms with Crippen molar-refractivity contribution in [3.63, 3.8) is 0 Å². The highest BCUT2D eigenvalue weighted by Gasteiger charge is 2.36. The first-order valence-electron chi connectivity index (χ1n) is 5.03. The second-order valence-corrected chi connectivity index (χ2v) is 5.10. The van der Waals surface area contributed by atoms with Crippen molar-refractivity contribution in [2.45, 2.75) is 19.1 Å². The molecule has 1 aromatic rings. The molecule has 1 saturated heterocycles. The van der Waals surface area contributed by atoms with Gasteiger partial charge in [-0.2, -0.15) is 0 Å². The van der Waals surface area contributed by atoms with Gasteiger partial charge in [-0.1, -0.05) is 0 Å². The van der Waals surface area contributed by atoms with Crippen molar-refractivity contribution in [1.29, 1.82) is 0 Å². The standard InChI is InChI=1S/C11H10INO2/c12-7-3-4-9-8(6-7)11(14)13-5-1-2-10(13)15-9/h3-4,6,10H,1-2,5H2. The van der Waals surface area contributed by atoms with E-state index in [9.17, 15) is 4.79 Å². The Morgan fingerprint density at radius 1 is 1.47 bits per heavy atom. The number of hydrogen-bond acceptors (Lipinski definition) is 2. The number of ether oxygens (including phenoxy) is 1. The monoisotopic (exact) mass is 315 g/mol. The van der Waals surface area contributed by atoms with Crippen LogP contribution in [0, 0.1) is 3.57 Å². The number of carbonyl (C=O) groups excluding carboxylic acids is 1. The van der Waals surface area contributed by atoms with E-state index in [0.29, 0.717) is 5.56 Å². The van der Waals surface area contributed by atoms with E-state index < -0.39 is 0 Å². The van der Waals surface area contributed by atoms with Gasteiger partial charge < -0.3 is 9.64 Å². The fourth-order valence-corrected chi connectivity index (χ4v) is 2.66. The number of carbonyl (C=O) groups is 1. The number of benzene rings is 1. The third-order valence-electron chi connectivity index (χ3n) is 2.89. The Kier molecular flexibility index (Phi) is 2.12. The van der Waals surface area contributed by atoms with Gasteiger partial charge in [0, 0.05) is 16.5 Å². The van der Waals surface area contributed by atoms with Crippen LogP contribution in [0.3, 0.4) is 0 Å². The van der Waals surface area contributed by atoms with Gasteiger partial charge in [0.25, 0.3) is 5.91 Å². The smallest absolute Gasteiger partial charge is 0.260 e. The van der Waals surface area contributed by atoms with Crippen molar-refractivity contribution < 1.29 is 9.53 Å². The molecule has 1 aromatic carbocycles. The van der Waals surface area contributed by atoms with E-state index in [4.69, 9.17) is 4.74 Å². The summed E-state index contributed by atoms with van der Waals surface area (Å²) < 4.78 is 6.85. The molecular formula is C11H10INO2. The van der Waals surface area contributed by atoms with Crippen LogP contribution in [0.25, 0.3) is 0 Å². The summed E-state index contributed by atoms with van der Waals surface area (Å²) in [4.78, 5) is 13.9.